The van der Waals surface area contributed by atoms with E-state index in [0.29, 0.717) is 19.4 Å². The number of hydrogen-bond donors (Lipinski definition) is 3. The van der Waals surface area contributed by atoms with Gasteiger partial charge in [0.2, 0.25) is 17.7 Å². The highest BCUT2D eigenvalue weighted by atomic mass is 16.3. The molecule has 3 N–H and O–H groups in total. The van der Waals surface area contributed by atoms with Gasteiger partial charge in [0.1, 0.15) is 6.04 Å². The van der Waals surface area contributed by atoms with Crippen LogP contribution >= 0.6 is 0 Å². The lowest BCUT2D eigenvalue weighted by Gasteiger charge is -2.37. The maximum absolute atomic E-state index is 13.7. The van der Waals surface area contributed by atoms with Gasteiger partial charge < -0.3 is 20.6 Å². The van der Waals surface area contributed by atoms with Crippen LogP contribution in [0.15, 0.2) is 12.2 Å². The molecule has 7 nitrogen and oxygen atoms in total. The summed E-state index contributed by atoms with van der Waals surface area (Å²) in [6, 6.07) is -0.647. The second kappa shape index (κ2) is 11.0. The number of aliphatic hydroxyl groups excluding tert-OH is 1. The lowest BCUT2D eigenvalue weighted by molar-refractivity contribution is -0.141. The second-order valence-corrected chi connectivity index (χ2v) is 11.6. The van der Waals surface area contributed by atoms with E-state index in [0.717, 1.165) is 19.3 Å². The summed E-state index contributed by atoms with van der Waals surface area (Å²) in [4.78, 5) is 41.9. The summed E-state index contributed by atoms with van der Waals surface area (Å²) in [7, 11) is 1.61. The Kier molecular flexibility index (Phi) is 9.14. The fourth-order valence-electron chi connectivity index (χ4n) is 6.04. The number of carbonyl (C=O) groups excluding carboxylic acids is 3. The van der Waals surface area contributed by atoms with E-state index in [4.69, 9.17) is 0 Å². The monoisotopic (exact) mass is 463 g/mol. The molecule has 0 saturated carbocycles. The molecule has 0 aromatic heterocycles. The smallest absolute Gasteiger partial charge is 0.243 e. The highest BCUT2D eigenvalue weighted by Crippen LogP contribution is 2.45. The molecule has 0 unspecified atom stereocenters. The molecule has 2 rings (SSSR count). The van der Waals surface area contributed by atoms with Crippen LogP contribution in [0.1, 0.15) is 73.6 Å². The van der Waals surface area contributed by atoms with E-state index >= 15 is 0 Å². The van der Waals surface area contributed by atoms with Crippen molar-refractivity contribution < 1.29 is 19.5 Å². The third-order valence-electron chi connectivity index (χ3n) is 6.79. The molecular formula is C26H45N3O4. The van der Waals surface area contributed by atoms with Crippen molar-refractivity contribution in [2.45, 2.75) is 85.2 Å². The van der Waals surface area contributed by atoms with Crippen LogP contribution in [0.5, 0.6) is 0 Å². The second-order valence-electron chi connectivity index (χ2n) is 11.6. The number of rotatable bonds is 10. The molecule has 0 radical (unpaired) electrons. The minimum absolute atomic E-state index is 0.0152. The third-order valence-corrected chi connectivity index (χ3v) is 6.79. The van der Waals surface area contributed by atoms with Crippen LogP contribution in [0.2, 0.25) is 0 Å². The minimum Gasteiger partial charge on any atom is -0.396 e. The molecule has 1 aliphatic heterocycles. The number of hydrogen-bond acceptors (Lipinski definition) is 4. The van der Waals surface area contributed by atoms with Gasteiger partial charge in [0.05, 0.1) is 11.8 Å². The molecule has 2 aliphatic rings. The number of aliphatic hydroxyl groups is 1. The Balaban J connectivity index is 2.41. The lowest BCUT2D eigenvalue weighted by Crippen LogP contribution is -2.54. The zero-order valence-electron chi connectivity index (χ0n) is 21.6. The average Bonchev–Trinajstić information content (AvgIpc) is 2.97. The SMILES string of the molecule is CCC[C@@H]1C=C[C@H]2[C@@H](C(=O)N(CCCCO)[C@@H]2C(=O)NC(C)(C)CC(C)(C)C)[C@@H]1C(=O)NC. The molecule has 1 heterocycles. The van der Waals surface area contributed by atoms with Gasteiger partial charge in [-0.05, 0) is 50.9 Å². The Morgan fingerprint density at radius 1 is 1.09 bits per heavy atom. The molecule has 0 bridgehead atoms. The summed E-state index contributed by atoms with van der Waals surface area (Å²) >= 11 is 0. The van der Waals surface area contributed by atoms with Gasteiger partial charge in [0, 0.05) is 31.7 Å². The number of fused-ring (bicyclic) bond motifs is 1. The predicted octanol–water partition coefficient (Wildman–Crippen LogP) is 2.88. The summed E-state index contributed by atoms with van der Waals surface area (Å²) < 4.78 is 0. The number of amides is 3. The van der Waals surface area contributed by atoms with Crippen molar-refractivity contribution in [3.8, 4) is 0 Å². The zero-order chi connectivity index (χ0) is 25.0. The first-order valence-corrected chi connectivity index (χ1v) is 12.5. The van der Waals surface area contributed by atoms with Gasteiger partial charge >= 0.3 is 0 Å². The average molecular weight is 464 g/mol. The Labute approximate surface area is 199 Å². The van der Waals surface area contributed by atoms with Crippen molar-refractivity contribution in [1.82, 2.24) is 15.5 Å². The number of likely N-dealkylation sites (tertiary alicyclic amines) is 1. The Hall–Kier alpha value is -1.89. The van der Waals surface area contributed by atoms with Crippen LogP contribution < -0.4 is 10.6 Å². The molecular weight excluding hydrogens is 418 g/mol. The first kappa shape index (κ1) is 27.4. The number of allylic oxidation sites excluding steroid dienone is 1. The van der Waals surface area contributed by atoms with Crippen molar-refractivity contribution in [3.05, 3.63) is 12.2 Å². The number of unbranched alkanes of at least 4 members (excludes halogenated alkanes) is 1. The van der Waals surface area contributed by atoms with Gasteiger partial charge in [-0.25, -0.2) is 0 Å². The van der Waals surface area contributed by atoms with Crippen molar-refractivity contribution in [2.75, 3.05) is 20.2 Å². The molecule has 1 fully saturated rings. The van der Waals surface area contributed by atoms with E-state index < -0.39 is 23.4 Å². The largest absolute Gasteiger partial charge is 0.396 e. The van der Waals surface area contributed by atoms with E-state index in [-0.39, 0.29) is 41.6 Å². The van der Waals surface area contributed by atoms with E-state index in [1.54, 1.807) is 11.9 Å². The standard InChI is InChI=1S/C26H45N3O4/c1-8-11-17-12-13-18-20(19(17)22(31)27-7)24(33)29(14-9-10-15-30)21(18)23(32)28-26(5,6)16-25(2,3)4/h12-13,17-21,30H,8-11,14-16H2,1-7H3,(H,27,31)(H,28,32)/t17-,18+,19-,20-,21+/m1/s1. The zero-order valence-corrected chi connectivity index (χ0v) is 21.6. The van der Waals surface area contributed by atoms with Crippen molar-refractivity contribution >= 4 is 17.7 Å². The van der Waals surface area contributed by atoms with Crippen molar-refractivity contribution in [2.24, 2.45) is 29.1 Å². The minimum atomic E-state index is -0.647. The lowest BCUT2D eigenvalue weighted by atomic mass is 9.68. The first-order valence-electron chi connectivity index (χ1n) is 12.5. The van der Waals surface area contributed by atoms with Crippen LogP contribution in [0, 0.1) is 29.1 Å². The van der Waals surface area contributed by atoms with Gasteiger partial charge in [0.25, 0.3) is 0 Å². The number of carbonyl (C=O) groups is 3. The summed E-state index contributed by atoms with van der Waals surface area (Å²) in [5, 5.41) is 15.2. The maximum atomic E-state index is 13.7. The number of nitrogens with zero attached hydrogens (tertiary/aromatic N) is 1. The van der Waals surface area contributed by atoms with Crippen LogP contribution in [0.4, 0.5) is 0 Å². The Morgan fingerprint density at radius 3 is 2.30 bits per heavy atom. The van der Waals surface area contributed by atoms with Crippen LogP contribution in [0.25, 0.3) is 0 Å². The van der Waals surface area contributed by atoms with Gasteiger partial charge in [0.15, 0.2) is 0 Å². The molecule has 5 atom stereocenters. The summed E-state index contributed by atoms with van der Waals surface area (Å²) in [6.07, 6.45) is 7.77. The van der Waals surface area contributed by atoms with Crippen molar-refractivity contribution in [1.29, 1.82) is 0 Å². The normalized spacial score (nSPS) is 27.5. The molecule has 1 aliphatic carbocycles. The van der Waals surface area contributed by atoms with Gasteiger partial charge in [-0.3, -0.25) is 14.4 Å². The Bertz CT molecular complexity index is 740. The van der Waals surface area contributed by atoms with Gasteiger partial charge in [-0.15, -0.1) is 0 Å². The van der Waals surface area contributed by atoms with E-state index in [9.17, 15) is 19.5 Å². The van der Waals surface area contributed by atoms with E-state index in [1.165, 1.54) is 0 Å². The molecule has 7 heteroatoms. The molecule has 33 heavy (non-hydrogen) atoms. The summed E-state index contributed by atoms with van der Waals surface area (Å²) in [6.45, 7) is 13.0. The summed E-state index contributed by atoms with van der Waals surface area (Å²) in [5.41, 5.74) is -0.398. The molecule has 0 aromatic rings. The van der Waals surface area contributed by atoms with E-state index in [1.807, 2.05) is 19.9 Å². The van der Waals surface area contributed by atoms with Crippen LogP contribution in [-0.2, 0) is 14.4 Å². The molecule has 1 saturated heterocycles. The van der Waals surface area contributed by atoms with Gasteiger partial charge in [-0.2, -0.15) is 0 Å². The molecule has 188 valence electrons. The third kappa shape index (κ3) is 6.58. The maximum Gasteiger partial charge on any atom is 0.243 e. The highest BCUT2D eigenvalue weighted by molar-refractivity contribution is 5.97. The molecule has 0 spiro atoms. The molecule has 3 amide bonds. The highest BCUT2D eigenvalue weighted by Gasteiger charge is 2.57. The topological polar surface area (TPSA) is 98.7 Å². The Morgan fingerprint density at radius 2 is 1.76 bits per heavy atom. The number of nitrogens with one attached hydrogen (secondary N) is 2. The predicted molar refractivity (Wildman–Crippen MR) is 130 cm³/mol. The van der Waals surface area contributed by atoms with E-state index in [2.05, 4.69) is 44.4 Å². The quantitative estimate of drug-likeness (QED) is 0.343. The van der Waals surface area contributed by atoms with Crippen LogP contribution in [0.3, 0.4) is 0 Å². The summed E-state index contributed by atoms with van der Waals surface area (Å²) in [5.74, 6) is -1.79. The van der Waals surface area contributed by atoms with Crippen LogP contribution in [-0.4, -0.2) is 59.5 Å². The van der Waals surface area contributed by atoms with Gasteiger partial charge in [-0.1, -0.05) is 46.3 Å². The fourth-order valence-corrected chi connectivity index (χ4v) is 6.04. The van der Waals surface area contributed by atoms with Crippen molar-refractivity contribution in [3.63, 3.8) is 0 Å². The molecule has 0 aromatic carbocycles. The first-order chi connectivity index (χ1) is 15.4. The fraction of sp³-hybridized carbons (Fsp3) is 0.808.